The molecule has 1 aliphatic rings. The van der Waals surface area contributed by atoms with E-state index in [2.05, 4.69) is 30.1 Å². The van der Waals surface area contributed by atoms with E-state index in [0.29, 0.717) is 17.9 Å². The zero-order valence-electron chi connectivity index (χ0n) is 18.4. The van der Waals surface area contributed by atoms with Crippen LogP contribution in [0.4, 0.5) is 5.82 Å². The second-order valence-corrected chi connectivity index (χ2v) is 11.3. The number of nitrogens with one attached hydrogen (secondary N) is 2. The number of carbonyl (C=O) groups is 1. The summed E-state index contributed by atoms with van der Waals surface area (Å²) in [7, 11) is -2.00. The number of sulfonamides is 1. The van der Waals surface area contributed by atoms with Crippen molar-refractivity contribution in [2.75, 3.05) is 18.4 Å². The predicted octanol–water partition coefficient (Wildman–Crippen LogP) is 2.92. The topological polar surface area (TPSA) is 140 Å². The lowest BCUT2D eigenvalue weighted by atomic mass is 10.2. The quantitative estimate of drug-likeness (QED) is 0.334. The number of aromatic nitrogens is 5. The van der Waals surface area contributed by atoms with E-state index in [1.807, 2.05) is 0 Å². The molecule has 1 aliphatic carbocycles. The SMILES string of the molecule is COC[C@@H](NC(=O)c1ncc(-c2cnn3ccc(Cl)cc23)s1)c1nccc(NS(=O)(=O)C2CC2)n1. The normalized spacial score (nSPS) is 14.7. The predicted molar refractivity (Wildman–Crippen MR) is 131 cm³/mol. The van der Waals surface area contributed by atoms with Crippen LogP contribution in [0.5, 0.6) is 0 Å². The largest absolute Gasteiger partial charge is 0.382 e. The zero-order valence-corrected chi connectivity index (χ0v) is 20.8. The number of rotatable bonds is 9. The number of carbonyl (C=O) groups excluding carboxylic acids is 1. The Morgan fingerprint density at radius 3 is 2.91 bits per heavy atom. The van der Waals surface area contributed by atoms with Crippen LogP contribution >= 0.6 is 22.9 Å². The first-order valence-corrected chi connectivity index (χ1v) is 13.3. The molecule has 11 nitrogen and oxygen atoms in total. The standard InChI is InChI=1S/C21H20ClN7O4S2/c1-33-11-15(19-23-6-4-18(27-19)28-35(31,32)13-2-3-13)26-20(30)21-24-10-17(34-21)14-9-25-29-7-5-12(22)8-16(14)29/h4-10,13,15H,2-3,11H2,1H3,(H,26,30)(H,23,27,28)/t15-/m1/s1. The van der Waals surface area contributed by atoms with Gasteiger partial charge in [0.05, 0.1) is 28.4 Å². The van der Waals surface area contributed by atoms with Gasteiger partial charge in [-0.15, -0.1) is 11.3 Å². The lowest BCUT2D eigenvalue weighted by Gasteiger charge is -2.16. The van der Waals surface area contributed by atoms with Gasteiger partial charge in [0.2, 0.25) is 10.0 Å². The maximum Gasteiger partial charge on any atom is 0.280 e. The summed E-state index contributed by atoms with van der Waals surface area (Å²) in [5.41, 5.74) is 1.60. The Labute approximate surface area is 209 Å². The molecule has 0 spiro atoms. The second kappa shape index (κ2) is 9.49. The van der Waals surface area contributed by atoms with Gasteiger partial charge in [-0.2, -0.15) is 5.10 Å². The highest BCUT2D eigenvalue weighted by Gasteiger charge is 2.36. The van der Waals surface area contributed by atoms with Gasteiger partial charge in [-0.25, -0.2) is 27.9 Å². The summed E-state index contributed by atoms with van der Waals surface area (Å²) >= 11 is 7.32. The fourth-order valence-corrected chi connectivity index (χ4v) is 5.75. The highest BCUT2D eigenvalue weighted by Crippen LogP contribution is 2.31. The second-order valence-electron chi connectivity index (χ2n) is 7.89. The number of nitrogens with zero attached hydrogens (tertiary/aromatic N) is 5. The molecule has 1 amide bonds. The highest BCUT2D eigenvalue weighted by atomic mass is 35.5. The van der Waals surface area contributed by atoms with Crippen molar-refractivity contribution >= 4 is 50.2 Å². The number of methoxy groups -OCH3 is 1. The number of anilines is 1. The number of amides is 1. The average molecular weight is 534 g/mol. The molecule has 1 atom stereocenters. The van der Waals surface area contributed by atoms with Gasteiger partial charge in [0.25, 0.3) is 5.91 Å². The summed E-state index contributed by atoms with van der Waals surface area (Å²) in [4.78, 5) is 26.5. The van der Waals surface area contributed by atoms with Gasteiger partial charge in [-0.3, -0.25) is 9.52 Å². The van der Waals surface area contributed by atoms with Crippen LogP contribution in [0.3, 0.4) is 0 Å². The zero-order chi connectivity index (χ0) is 24.6. The van der Waals surface area contributed by atoms with Crippen molar-refractivity contribution in [3.8, 4) is 10.4 Å². The highest BCUT2D eigenvalue weighted by molar-refractivity contribution is 7.93. The van der Waals surface area contributed by atoms with E-state index in [-0.39, 0.29) is 23.3 Å². The summed E-state index contributed by atoms with van der Waals surface area (Å²) in [6.45, 7) is 0.0787. The molecule has 35 heavy (non-hydrogen) atoms. The van der Waals surface area contributed by atoms with Gasteiger partial charge in [0.15, 0.2) is 10.8 Å². The Morgan fingerprint density at radius 2 is 2.14 bits per heavy atom. The summed E-state index contributed by atoms with van der Waals surface area (Å²) in [5, 5.41) is 7.54. The Hall–Kier alpha value is -3.13. The molecule has 5 rings (SSSR count). The molecular formula is C21H20ClN7O4S2. The molecule has 14 heteroatoms. The Kier molecular flexibility index (Phi) is 6.40. The fraction of sp³-hybridized carbons (Fsp3) is 0.286. The number of halogens is 1. The molecule has 2 N–H and O–H groups in total. The molecule has 0 radical (unpaired) electrons. The first-order chi connectivity index (χ1) is 16.8. The van der Waals surface area contributed by atoms with Crippen molar-refractivity contribution in [2.24, 2.45) is 0 Å². The van der Waals surface area contributed by atoms with Crippen LogP contribution in [-0.2, 0) is 14.8 Å². The molecule has 0 saturated heterocycles. The summed E-state index contributed by atoms with van der Waals surface area (Å²) in [5.74, 6) is -0.0869. The molecule has 0 unspecified atom stereocenters. The van der Waals surface area contributed by atoms with Gasteiger partial charge >= 0.3 is 0 Å². The lowest BCUT2D eigenvalue weighted by Crippen LogP contribution is -2.32. The average Bonchev–Trinajstić information content (AvgIpc) is 3.45. The van der Waals surface area contributed by atoms with Gasteiger partial charge in [0.1, 0.15) is 11.9 Å². The molecule has 4 heterocycles. The molecular weight excluding hydrogens is 514 g/mol. The smallest absolute Gasteiger partial charge is 0.280 e. The maximum absolute atomic E-state index is 13.0. The van der Waals surface area contributed by atoms with Crippen LogP contribution in [0.15, 0.2) is 43.0 Å². The number of fused-ring (bicyclic) bond motifs is 1. The van der Waals surface area contributed by atoms with E-state index in [9.17, 15) is 13.2 Å². The number of ether oxygens (including phenoxy) is 1. The molecule has 0 bridgehead atoms. The summed E-state index contributed by atoms with van der Waals surface area (Å²) in [6, 6.07) is 4.27. The van der Waals surface area contributed by atoms with Crippen LogP contribution in [0.1, 0.15) is 34.5 Å². The van der Waals surface area contributed by atoms with E-state index < -0.39 is 27.2 Å². The first-order valence-electron chi connectivity index (χ1n) is 10.6. The third kappa shape index (κ3) is 5.12. The fourth-order valence-electron chi connectivity index (χ4n) is 3.42. The van der Waals surface area contributed by atoms with Crippen molar-refractivity contribution in [3.05, 3.63) is 58.8 Å². The lowest BCUT2D eigenvalue weighted by molar-refractivity contribution is 0.0891. The van der Waals surface area contributed by atoms with Crippen molar-refractivity contribution in [1.29, 1.82) is 0 Å². The molecule has 4 aromatic rings. The third-order valence-electron chi connectivity index (χ3n) is 5.28. The van der Waals surface area contributed by atoms with Gasteiger partial charge in [-0.1, -0.05) is 11.6 Å². The van der Waals surface area contributed by atoms with E-state index in [0.717, 1.165) is 16.0 Å². The van der Waals surface area contributed by atoms with Crippen LogP contribution in [-0.4, -0.2) is 57.9 Å². The van der Waals surface area contributed by atoms with E-state index in [4.69, 9.17) is 16.3 Å². The van der Waals surface area contributed by atoms with E-state index in [1.54, 1.807) is 35.2 Å². The Morgan fingerprint density at radius 1 is 1.31 bits per heavy atom. The minimum absolute atomic E-state index is 0.0787. The van der Waals surface area contributed by atoms with E-state index >= 15 is 0 Å². The number of hydrogen-bond donors (Lipinski definition) is 2. The molecule has 182 valence electrons. The van der Waals surface area contributed by atoms with Crippen LogP contribution in [0, 0.1) is 0 Å². The van der Waals surface area contributed by atoms with Crippen molar-refractivity contribution < 1.29 is 17.9 Å². The monoisotopic (exact) mass is 533 g/mol. The molecule has 4 aromatic heterocycles. The molecule has 0 aliphatic heterocycles. The Balaban J connectivity index is 1.35. The van der Waals surface area contributed by atoms with Crippen molar-refractivity contribution in [2.45, 2.75) is 24.1 Å². The first kappa shape index (κ1) is 23.6. The van der Waals surface area contributed by atoms with Gasteiger partial charge in [-0.05, 0) is 31.0 Å². The number of pyridine rings is 1. The van der Waals surface area contributed by atoms with Crippen molar-refractivity contribution in [1.82, 2.24) is 29.9 Å². The molecule has 1 fully saturated rings. The summed E-state index contributed by atoms with van der Waals surface area (Å²) < 4.78 is 33.9. The van der Waals surface area contributed by atoms with Crippen LogP contribution in [0.2, 0.25) is 5.02 Å². The van der Waals surface area contributed by atoms with Gasteiger partial charge in [0, 0.05) is 36.3 Å². The van der Waals surface area contributed by atoms with Crippen LogP contribution in [0.25, 0.3) is 16.0 Å². The number of thiazole rings is 1. The molecule has 1 saturated carbocycles. The van der Waals surface area contributed by atoms with Gasteiger partial charge < -0.3 is 10.1 Å². The summed E-state index contributed by atoms with van der Waals surface area (Å²) in [6.07, 6.45) is 7.74. The maximum atomic E-state index is 13.0. The Bertz CT molecular complexity index is 1500. The van der Waals surface area contributed by atoms with Crippen LogP contribution < -0.4 is 10.0 Å². The third-order valence-corrected chi connectivity index (χ3v) is 8.39. The number of hydrogen-bond acceptors (Lipinski definition) is 9. The minimum atomic E-state index is -3.48. The minimum Gasteiger partial charge on any atom is -0.382 e. The molecule has 0 aromatic carbocycles. The van der Waals surface area contributed by atoms with E-state index in [1.165, 1.54) is 30.7 Å². The van der Waals surface area contributed by atoms with Crippen molar-refractivity contribution in [3.63, 3.8) is 0 Å².